The van der Waals surface area contributed by atoms with Gasteiger partial charge in [-0.2, -0.15) is 0 Å². The van der Waals surface area contributed by atoms with E-state index >= 15 is 0 Å². The van der Waals surface area contributed by atoms with Crippen molar-refractivity contribution in [1.82, 2.24) is 19.4 Å². The summed E-state index contributed by atoms with van der Waals surface area (Å²) in [6.07, 6.45) is 1.49. The van der Waals surface area contributed by atoms with Crippen LogP contribution in [0.25, 0.3) is 22.2 Å². The van der Waals surface area contributed by atoms with Gasteiger partial charge >= 0.3 is 0 Å². The first kappa shape index (κ1) is 20.3. The van der Waals surface area contributed by atoms with E-state index in [9.17, 15) is 4.79 Å². The molecule has 1 fully saturated rings. The molecular weight excluding hydrogens is 411 g/mol. The number of halogens is 2. The summed E-state index contributed by atoms with van der Waals surface area (Å²) in [7, 11) is 0. The number of aromatic nitrogens is 3. The highest BCUT2D eigenvalue weighted by Crippen LogP contribution is 2.30. The van der Waals surface area contributed by atoms with Crippen molar-refractivity contribution in [3.8, 4) is 11.3 Å². The van der Waals surface area contributed by atoms with Crippen LogP contribution in [0.15, 0.2) is 35.3 Å². The van der Waals surface area contributed by atoms with Gasteiger partial charge in [0.15, 0.2) is 5.43 Å². The zero-order chi connectivity index (χ0) is 20.5. The van der Waals surface area contributed by atoms with Gasteiger partial charge in [0.05, 0.1) is 35.6 Å². The first-order chi connectivity index (χ1) is 13.9. The molecule has 0 aliphatic carbocycles. The van der Waals surface area contributed by atoms with Gasteiger partial charge < -0.3 is 9.30 Å². The standard InChI is InChI=1S/C21H22Cl2N4O2/c1-13(2)27-15(12-26-5-7-29-8-6-26)10-19(28)16-4-3-14(9-18(16)27)20-17(22)11-24-21(23)25-20/h3-4,9-11,13H,5-8,12H2,1-2H3. The van der Waals surface area contributed by atoms with E-state index in [-0.39, 0.29) is 16.8 Å². The molecule has 1 aromatic carbocycles. The van der Waals surface area contributed by atoms with Gasteiger partial charge in [-0.05, 0) is 37.6 Å². The molecule has 0 radical (unpaired) electrons. The highest BCUT2D eigenvalue weighted by molar-refractivity contribution is 6.33. The molecule has 0 bridgehead atoms. The number of benzene rings is 1. The minimum Gasteiger partial charge on any atom is -0.379 e. The van der Waals surface area contributed by atoms with E-state index in [1.165, 1.54) is 6.20 Å². The van der Waals surface area contributed by atoms with Crippen molar-refractivity contribution in [2.24, 2.45) is 0 Å². The van der Waals surface area contributed by atoms with E-state index in [4.69, 9.17) is 27.9 Å². The third-order valence-electron chi connectivity index (χ3n) is 5.12. The SMILES string of the molecule is CC(C)n1c(CN2CCOCC2)cc(=O)c2ccc(-c3nc(Cl)ncc3Cl)cc21. The van der Waals surface area contributed by atoms with E-state index in [2.05, 4.69) is 33.3 Å². The van der Waals surface area contributed by atoms with E-state index in [0.717, 1.165) is 43.1 Å². The zero-order valence-corrected chi connectivity index (χ0v) is 17.9. The van der Waals surface area contributed by atoms with Crippen molar-refractivity contribution in [3.05, 3.63) is 56.7 Å². The largest absolute Gasteiger partial charge is 0.379 e. The molecule has 2 aromatic heterocycles. The number of hydrogen-bond donors (Lipinski definition) is 0. The van der Waals surface area contributed by atoms with Crippen LogP contribution in [0.5, 0.6) is 0 Å². The predicted octanol–water partition coefficient (Wildman–Crippen LogP) is 4.18. The van der Waals surface area contributed by atoms with Crippen LogP contribution in [0.2, 0.25) is 10.3 Å². The Bertz CT molecular complexity index is 1110. The van der Waals surface area contributed by atoms with Gasteiger partial charge in [0.25, 0.3) is 0 Å². The summed E-state index contributed by atoms with van der Waals surface area (Å²) in [5, 5.41) is 1.22. The van der Waals surface area contributed by atoms with E-state index in [1.807, 2.05) is 18.2 Å². The molecule has 0 saturated carbocycles. The molecule has 0 spiro atoms. The molecule has 1 saturated heterocycles. The summed E-state index contributed by atoms with van der Waals surface area (Å²) >= 11 is 12.3. The minimum atomic E-state index is 0.0125. The molecule has 6 nitrogen and oxygen atoms in total. The first-order valence-corrected chi connectivity index (χ1v) is 10.4. The molecule has 1 aliphatic heterocycles. The zero-order valence-electron chi connectivity index (χ0n) is 16.4. The molecule has 0 unspecified atom stereocenters. The molecule has 152 valence electrons. The second kappa shape index (κ2) is 8.40. The number of ether oxygens (including phenoxy) is 1. The smallest absolute Gasteiger partial charge is 0.222 e. The van der Waals surface area contributed by atoms with Gasteiger partial charge in [-0.25, -0.2) is 9.97 Å². The summed E-state index contributed by atoms with van der Waals surface area (Å²) in [5.41, 5.74) is 3.21. The van der Waals surface area contributed by atoms with Gasteiger partial charge in [0.1, 0.15) is 0 Å². The fourth-order valence-electron chi connectivity index (χ4n) is 3.81. The van der Waals surface area contributed by atoms with Crippen LogP contribution >= 0.6 is 23.2 Å². The van der Waals surface area contributed by atoms with Crippen molar-refractivity contribution in [2.75, 3.05) is 26.3 Å². The maximum Gasteiger partial charge on any atom is 0.222 e. The molecule has 3 heterocycles. The fraction of sp³-hybridized carbons (Fsp3) is 0.381. The van der Waals surface area contributed by atoms with Crippen molar-refractivity contribution >= 4 is 34.1 Å². The molecule has 0 atom stereocenters. The summed E-state index contributed by atoms with van der Waals surface area (Å²) in [4.78, 5) is 23.4. The normalized spacial score (nSPS) is 15.3. The lowest BCUT2D eigenvalue weighted by molar-refractivity contribution is 0.0330. The Hall–Kier alpha value is -1.99. The predicted molar refractivity (Wildman–Crippen MR) is 116 cm³/mol. The monoisotopic (exact) mass is 432 g/mol. The van der Waals surface area contributed by atoms with Crippen LogP contribution in [-0.2, 0) is 11.3 Å². The summed E-state index contributed by atoms with van der Waals surface area (Å²) in [6.45, 7) is 8.10. The molecular formula is C21H22Cl2N4O2. The number of nitrogens with zero attached hydrogens (tertiary/aromatic N) is 4. The lowest BCUT2D eigenvalue weighted by atomic mass is 10.1. The van der Waals surface area contributed by atoms with Crippen LogP contribution in [0.3, 0.4) is 0 Å². The van der Waals surface area contributed by atoms with Gasteiger partial charge in [-0.3, -0.25) is 9.69 Å². The fourth-order valence-corrected chi connectivity index (χ4v) is 4.14. The summed E-state index contributed by atoms with van der Waals surface area (Å²) in [6, 6.07) is 7.57. The average molecular weight is 433 g/mol. The third-order valence-corrected chi connectivity index (χ3v) is 5.58. The highest BCUT2D eigenvalue weighted by Gasteiger charge is 2.18. The van der Waals surface area contributed by atoms with E-state index in [1.54, 1.807) is 6.07 Å². The maximum absolute atomic E-state index is 12.9. The van der Waals surface area contributed by atoms with Gasteiger partial charge in [0.2, 0.25) is 5.28 Å². The molecule has 3 aromatic rings. The van der Waals surface area contributed by atoms with Crippen LogP contribution in [0.1, 0.15) is 25.6 Å². The Morgan fingerprint density at radius 3 is 2.66 bits per heavy atom. The molecule has 0 amide bonds. The number of pyridine rings is 1. The van der Waals surface area contributed by atoms with Gasteiger partial charge in [0, 0.05) is 48.4 Å². The topological polar surface area (TPSA) is 60.2 Å². The van der Waals surface area contributed by atoms with E-state index < -0.39 is 0 Å². The summed E-state index contributed by atoms with van der Waals surface area (Å²) < 4.78 is 7.66. The van der Waals surface area contributed by atoms with Crippen LogP contribution < -0.4 is 5.43 Å². The number of morpholine rings is 1. The number of hydrogen-bond acceptors (Lipinski definition) is 5. The Kier molecular flexibility index (Phi) is 5.88. The summed E-state index contributed by atoms with van der Waals surface area (Å²) in [5.74, 6) is 0. The third kappa shape index (κ3) is 4.16. The first-order valence-electron chi connectivity index (χ1n) is 9.60. The number of rotatable bonds is 4. The van der Waals surface area contributed by atoms with Crippen molar-refractivity contribution in [2.45, 2.75) is 26.4 Å². The Morgan fingerprint density at radius 1 is 1.17 bits per heavy atom. The van der Waals surface area contributed by atoms with Crippen molar-refractivity contribution < 1.29 is 4.74 Å². The quantitative estimate of drug-likeness (QED) is 0.578. The van der Waals surface area contributed by atoms with Crippen LogP contribution in [-0.4, -0.2) is 45.7 Å². The van der Waals surface area contributed by atoms with Crippen molar-refractivity contribution in [1.29, 1.82) is 0 Å². The highest BCUT2D eigenvalue weighted by atomic mass is 35.5. The Balaban J connectivity index is 1.88. The van der Waals surface area contributed by atoms with Gasteiger partial charge in [-0.15, -0.1) is 0 Å². The second-order valence-electron chi connectivity index (χ2n) is 7.42. The average Bonchev–Trinajstić information content (AvgIpc) is 2.70. The molecule has 8 heteroatoms. The Morgan fingerprint density at radius 2 is 1.93 bits per heavy atom. The lowest BCUT2D eigenvalue weighted by Crippen LogP contribution is -2.37. The van der Waals surface area contributed by atoms with Gasteiger partial charge in [-0.1, -0.05) is 17.7 Å². The molecule has 0 N–H and O–H groups in total. The molecule has 1 aliphatic rings. The Labute approximate surface area is 179 Å². The number of fused-ring (bicyclic) bond motifs is 1. The molecule has 4 rings (SSSR count). The van der Waals surface area contributed by atoms with Crippen LogP contribution in [0.4, 0.5) is 0 Å². The minimum absolute atomic E-state index is 0.0125. The second-order valence-corrected chi connectivity index (χ2v) is 8.16. The maximum atomic E-state index is 12.9. The van der Waals surface area contributed by atoms with Crippen LogP contribution in [0, 0.1) is 0 Å². The van der Waals surface area contributed by atoms with Crippen molar-refractivity contribution in [3.63, 3.8) is 0 Å². The molecule has 29 heavy (non-hydrogen) atoms. The lowest BCUT2D eigenvalue weighted by Gasteiger charge is -2.29. The van der Waals surface area contributed by atoms with E-state index in [0.29, 0.717) is 22.6 Å².